The van der Waals surface area contributed by atoms with Crippen LogP contribution < -0.4 is 5.32 Å². The summed E-state index contributed by atoms with van der Waals surface area (Å²) in [6.07, 6.45) is 2.36. The number of aryl methyl sites for hydroxylation is 1. The summed E-state index contributed by atoms with van der Waals surface area (Å²) in [5.74, 6) is 0. The second-order valence-electron chi connectivity index (χ2n) is 6.56. The topological polar surface area (TPSA) is 12.0 Å². The highest BCUT2D eigenvalue weighted by molar-refractivity contribution is 5.35. The zero-order valence-electron chi connectivity index (χ0n) is 12.9. The lowest BCUT2D eigenvalue weighted by Crippen LogP contribution is -2.27. The minimum absolute atomic E-state index is 0.349. The minimum Gasteiger partial charge on any atom is -0.310 e. The quantitative estimate of drug-likeness (QED) is 0.789. The molecule has 0 fully saturated rings. The van der Waals surface area contributed by atoms with Gasteiger partial charge >= 0.3 is 0 Å². The molecule has 1 atom stereocenters. The van der Waals surface area contributed by atoms with Crippen molar-refractivity contribution in [2.24, 2.45) is 5.41 Å². The van der Waals surface area contributed by atoms with Gasteiger partial charge in [-0.25, -0.2) is 0 Å². The van der Waals surface area contributed by atoms with E-state index in [1.165, 1.54) is 29.5 Å². The molecule has 0 saturated carbocycles. The van der Waals surface area contributed by atoms with E-state index in [0.29, 0.717) is 11.5 Å². The van der Waals surface area contributed by atoms with Crippen LogP contribution in [0.15, 0.2) is 18.2 Å². The summed E-state index contributed by atoms with van der Waals surface area (Å²) in [6.45, 7) is 14.7. The van der Waals surface area contributed by atoms with Crippen molar-refractivity contribution in [3.8, 4) is 0 Å². The van der Waals surface area contributed by atoms with Crippen LogP contribution in [-0.2, 0) is 0 Å². The summed E-state index contributed by atoms with van der Waals surface area (Å²) >= 11 is 0. The fourth-order valence-electron chi connectivity index (χ4n) is 2.37. The molecule has 0 aromatic heterocycles. The van der Waals surface area contributed by atoms with E-state index in [9.17, 15) is 0 Å². The maximum atomic E-state index is 3.71. The van der Waals surface area contributed by atoms with Crippen LogP contribution in [0.4, 0.5) is 0 Å². The predicted molar refractivity (Wildman–Crippen MR) is 81.0 cm³/mol. The van der Waals surface area contributed by atoms with E-state index >= 15 is 0 Å². The van der Waals surface area contributed by atoms with Crippen molar-refractivity contribution in [2.75, 3.05) is 6.54 Å². The van der Waals surface area contributed by atoms with Gasteiger partial charge in [-0.1, -0.05) is 45.9 Å². The van der Waals surface area contributed by atoms with Crippen molar-refractivity contribution in [2.45, 2.75) is 60.4 Å². The summed E-state index contributed by atoms with van der Waals surface area (Å²) < 4.78 is 0. The van der Waals surface area contributed by atoms with Gasteiger partial charge in [0.1, 0.15) is 0 Å². The summed E-state index contributed by atoms with van der Waals surface area (Å²) in [7, 11) is 0. The van der Waals surface area contributed by atoms with Gasteiger partial charge in [0, 0.05) is 6.04 Å². The second-order valence-corrected chi connectivity index (χ2v) is 6.56. The third-order valence-corrected chi connectivity index (χ3v) is 3.48. The van der Waals surface area contributed by atoms with Gasteiger partial charge in [-0.2, -0.15) is 0 Å². The summed E-state index contributed by atoms with van der Waals surface area (Å²) in [5.41, 5.74) is 4.65. The molecule has 102 valence electrons. The second kappa shape index (κ2) is 6.38. The van der Waals surface area contributed by atoms with Gasteiger partial charge < -0.3 is 5.32 Å². The van der Waals surface area contributed by atoms with E-state index in [-0.39, 0.29) is 0 Å². The van der Waals surface area contributed by atoms with Crippen LogP contribution in [0.2, 0.25) is 0 Å². The molecule has 0 heterocycles. The van der Waals surface area contributed by atoms with Gasteiger partial charge in [0.2, 0.25) is 0 Å². The van der Waals surface area contributed by atoms with E-state index in [1.54, 1.807) is 0 Å². The Morgan fingerprint density at radius 1 is 1.17 bits per heavy atom. The van der Waals surface area contributed by atoms with Crippen LogP contribution in [0.1, 0.15) is 63.3 Å². The highest BCUT2D eigenvalue weighted by Gasteiger charge is 2.21. The number of benzene rings is 1. The Morgan fingerprint density at radius 3 is 2.39 bits per heavy atom. The number of rotatable bonds is 5. The van der Waals surface area contributed by atoms with Gasteiger partial charge in [-0.05, 0) is 55.3 Å². The Balaban J connectivity index is 2.97. The fraction of sp³-hybridized carbons (Fsp3) is 0.647. The molecule has 1 rings (SSSR count). The van der Waals surface area contributed by atoms with Gasteiger partial charge in [-0.3, -0.25) is 0 Å². The first kappa shape index (κ1) is 15.2. The van der Waals surface area contributed by atoms with Crippen LogP contribution >= 0.6 is 0 Å². The van der Waals surface area contributed by atoms with Crippen LogP contribution in [0, 0.1) is 19.3 Å². The number of hydrogen-bond acceptors (Lipinski definition) is 1. The molecule has 1 aromatic carbocycles. The Labute approximate surface area is 113 Å². The van der Waals surface area contributed by atoms with Crippen LogP contribution in [0.3, 0.4) is 0 Å². The molecule has 0 bridgehead atoms. The molecule has 0 aliphatic rings. The van der Waals surface area contributed by atoms with Crippen molar-refractivity contribution in [3.05, 3.63) is 34.9 Å². The lowest BCUT2D eigenvalue weighted by Gasteiger charge is -2.28. The van der Waals surface area contributed by atoms with Crippen molar-refractivity contribution in [1.29, 1.82) is 0 Å². The highest BCUT2D eigenvalue weighted by Crippen LogP contribution is 2.31. The molecule has 0 aliphatic carbocycles. The first-order valence-corrected chi connectivity index (χ1v) is 7.14. The van der Waals surface area contributed by atoms with Gasteiger partial charge in [-0.15, -0.1) is 0 Å². The van der Waals surface area contributed by atoms with Crippen LogP contribution in [-0.4, -0.2) is 6.54 Å². The average Bonchev–Trinajstić information content (AvgIpc) is 2.27. The van der Waals surface area contributed by atoms with E-state index < -0.39 is 0 Å². The van der Waals surface area contributed by atoms with E-state index in [4.69, 9.17) is 0 Å². The normalized spacial score (nSPS) is 13.7. The average molecular weight is 247 g/mol. The van der Waals surface area contributed by atoms with Gasteiger partial charge in [0.25, 0.3) is 0 Å². The van der Waals surface area contributed by atoms with Crippen molar-refractivity contribution in [1.82, 2.24) is 5.32 Å². The molecule has 1 N–H and O–H groups in total. The van der Waals surface area contributed by atoms with Gasteiger partial charge in [0.15, 0.2) is 0 Å². The van der Waals surface area contributed by atoms with Crippen LogP contribution in [0.5, 0.6) is 0 Å². The summed E-state index contributed by atoms with van der Waals surface area (Å²) in [4.78, 5) is 0. The number of hydrogen-bond donors (Lipinski definition) is 1. The van der Waals surface area contributed by atoms with E-state index in [2.05, 4.69) is 65.1 Å². The molecule has 1 aromatic rings. The van der Waals surface area contributed by atoms with E-state index in [1.807, 2.05) is 0 Å². The molecule has 0 spiro atoms. The third kappa shape index (κ3) is 4.45. The SMILES string of the molecule is CCCNC(CC(C)(C)C)c1cccc(C)c1C. The van der Waals surface area contributed by atoms with Crippen molar-refractivity contribution < 1.29 is 0 Å². The number of nitrogens with one attached hydrogen (secondary N) is 1. The molecular weight excluding hydrogens is 218 g/mol. The first-order valence-electron chi connectivity index (χ1n) is 7.14. The lowest BCUT2D eigenvalue weighted by atomic mass is 9.83. The fourth-order valence-corrected chi connectivity index (χ4v) is 2.37. The van der Waals surface area contributed by atoms with Crippen molar-refractivity contribution in [3.63, 3.8) is 0 Å². The zero-order chi connectivity index (χ0) is 13.8. The predicted octanol–water partition coefficient (Wildman–Crippen LogP) is 4.78. The molecule has 1 unspecified atom stereocenters. The monoisotopic (exact) mass is 247 g/mol. The molecule has 0 amide bonds. The lowest BCUT2D eigenvalue weighted by molar-refractivity contribution is 0.311. The van der Waals surface area contributed by atoms with Crippen LogP contribution in [0.25, 0.3) is 0 Å². The van der Waals surface area contributed by atoms with Gasteiger partial charge in [0.05, 0.1) is 0 Å². The first-order chi connectivity index (χ1) is 8.35. The van der Waals surface area contributed by atoms with Crippen molar-refractivity contribution >= 4 is 0 Å². The standard InChI is InChI=1S/C17H29N/c1-7-11-18-16(12-17(4,5)6)15-10-8-9-13(2)14(15)3/h8-10,16,18H,7,11-12H2,1-6H3. The highest BCUT2D eigenvalue weighted by atomic mass is 14.9. The maximum absolute atomic E-state index is 3.71. The Bertz CT molecular complexity index is 374. The van der Waals surface area contributed by atoms with E-state index in [0.717, 1.165) is 6.54 Å². The molecule has 0 aliphatic heterocycles. The largest absolute Gasteiger partial charge is 0.310 e. The molecule has 1 nitrogen and oxygen atoms in total. The molecule has 0 radical (unpaired) electrons. The molecule has 1 heteroatoms. The smallest absolute Gasteiger partial charge is 0.0327 e. The zero-order valence-corrected chi connectivity index (χ0v) is 12.9. The summed E-state index contributed by atoms with van der Waals surface area (Å²) in [5, 5.41) is 3.71. The minimum atomic E-state index is 0.349. The molecule has 18 heavy (non-hydrogen) atoms. The summed E-state index contributed by atoms with van der Waals surface area (Å²) in [6, 6.07) is 7.14. The molecular formula is C17H29N. The third-order valence-electron chi connectivity index (χ3n) is 3.48. The maximum Gasteiger partial charge on any atom is 0.0327 e. The Hall–Kier alpha value is -0.820. The Kier molecular flexibility index (Phi) is 5.40. The Morgan fingerprint density at radius 2 is 1.83 bits per heavy atom. The molecule has 0 saturated heterocycles.